The van der Waals surface area contributed by atoms with E-state index >= 15 is 0 Å². The maximum absolute atomic E-state index is 11.0. The molecule has 31 heavy (non-hydrogen) atoms. The van der Waals surface area contributed by atoms with E-state index in [9.17, 15) is 4.79 Å². The lowest BCUT2D eigenvalue weighted by Gasteiger charge is -2.38. The van der Waals surface area contributed by atoms with Gasteiger partial charge in [-0.25, -0.2) is 0 Å². The molecule has 0 saturated carbocycles. The van der Waals surface area contributed by atoms with Crippen molar-refractivity contribution in [2.75, 3.05) is 7.11 Å². The lowest BCUT2D eigenvalue weighted by Crippen LogP contribution is -2.43. The van der Waals surface area contributed by atoms with Crippen molar-refractivity contribution in [3.63, 3.8) is 0 Å². The minimum absolute atomic E-state index is 0.137. The molecule has 0 aliphatic rings. The predicted octanol–water partition coefficient (Wildman–Crippen LogP) is 7.53. The largest absolute Gasteiger partial charge is 0.469 e. The second kappa shape index (κ2) is 16.8. The molecule has 0 N–H and O–H groups in total. The normalized spacial score (nSPS) is 13.9. The lowest BCUT2D eigenvalue weighted by atomic mass is 10.2. The highest BCUT2D eigenvalue weighted by Crippen LogP contribution is 2.37. The number of allylic oxidation sites excluding steroid dienone is 7. The summed E-state index contributed by atoms with van der Waals surface area (Å²) >= 11 is 0. The lowest BCUT2D eigenvalue weighted by molar-refractivity contribution is -0.140. The van der Waals surface area contributed by atoms with Crippen LogP contribution in [0.4, 0.5) is 0 Å². The number of esters is 1. The zero-order valence-electron chi connectivity index (χ0n) is 20.9. The van der Waals surface area contributed by atoms with Crippen LogP contribution in [0, 0.1) is 11.8 Å². The van der Waals surface area contributed by atoms with Crippen LogP contribution in [0.25, 0.3) is 0 Å². The molecule has 0 saturated heterocycles. The predicted molar refractivity (Wildman–Crippen MR) is 136 cm³/mol. The second-order valence-corrected chi connectivity index (χ2v) is 13.8. The van der Waals surface area contributed by atoms with Gasteiger partial charge in [0.25, 0.3) is 0 Å². The Balaban J connectivity index is 4.04. The van der Waals surface area contributed by atoms with Gasteiger partial charge in [-0.1, -0.05) is 76.0 Å². The summed E-state index contributed by atoms with van der Waals surface area (Å²) in [5.41, 5.74) is 0. The Morgan fingerprint density at radius 1 is 1.03 bits per heavy atom. The molecule has 0 heterocycles. The smallest absolute Gasteiger partial charge is 0.305 e. The average molecular weight is 445 g/mol. The minimum atomic E-state index is -1.74. The Labute approximate surface area is 192 Å². The zero-order valence-corrected chi connectivity index (χ0v) is 21.9. The van der Waals surface area contributed by atoms with Crippen LogP contribution in [-0.2, 0) is 14.0 Å². The Kier molecular flexibility index (Phi) is 15.8. The molecule has 3 nitrogen and oxygen atoms in total. The van der Waals surface area contributed by atoms with Gasteiger partial charge in [-0.2, -0.15) is 0 Å². The monoisotopic (exact) mass is 444 g/mol. The molecule has 0 aliphatic carbocycles. The van der Waals surface area contributed by atoms with Gasteiger partial charge in [-0.15, -0.1) is 0 Å². The number of ether oxygens (including phenoxy) is 1. The number of rotatable bonds is 13. The Hall–Kier alpha value is -1.83. The fourth-order valence-corrected chi connectivity index (χ4v) is 3.71. The van der Waals surface area contributed by atoms with E-state index in [1.165, 1.54) is 7.11 Å². The van der Waals surface area contributed by atoms with Gasteiger partial charge in [0.15, 0.2) is 8.32 Å². The van der Waals surface area contributed by atoms with E-state index in [1.807, 2.05) is 6.08 Å². The summed E-state index contributed by atoms with van der Waals surface area (Å²) in [6, 6.07) is 0. The van der Waals surface area contributed by atoms with Gasteiger partial charge in [-0.05, 0) is 62.4 Å². The van der Waals surface area contributed by atoms with E-state index in [0.717, 1.165) is 38.5 Å². The Morgan fingerprint density at radius 2 is 1.65 bits per heavy atom. The minimum Gasteiger partial charge on any atom is -0.469 e. The zero-order chi connectivity index (χ0) is 23.6. The summed E-state index contributed by atoms with van der Waals surface area (Å²) in [7, 11) is -0.315. The summed E-state index contributed by atoms with van der Waals surface area (Å²) in [6.45, 7) is 13.5. The molecule has 0 fully saturated rings. The first-order valence-corrected chi connectivity index (χ1v) is 14.4. The molecular weight excluding hydrogens is 400 g/mol. The molecule has 0 spiro atoms. The molecule has 4 heteroatoms. The highest BCUT2D eigenvalue weighted by Gasteiger charge is 2.38. The van der Waals surface area contributed by atoms with Crippen molar-refractivity contribution < 1.29 is 14.0 Å². The highest BCUT2D eigenvalue weighted by atomic mass is 28.4. The van der Waals surface area contributed by atoms with E-state index in [2.05, 4.69) is 99.9 Å². The molecule has 0 aliphatic heterocycles. The molecule has 0 amide bonds. The molecule has 0 radical (unpaired) electrons. The molecule has 0 unspecified atom stereocenters. The van der Waals surface area contributed by atoms with Gasteiger partial charge in [0.1, 0.15) is 0 Å². The summed E-state index contributed by atoms with van der Waals surface area (Å²) in [6.07, 6.45) is 22.8. The molecule has 0 rings (SSSR count). The maximum Gasteiger partial charge on any atom is 0.305 e. The van der Waals surface area contributed by atoms with Crippen LogP contribution < -0.4 is 0 Å². The van der Waals surface area contributed by atoms with E-state index in [-0.39, 0.29) is 17.1 Å². The molecular formula is C27H44O3Si. The third-order valence-corrected chi connectivity index (χ3v) is 9.90. The standard InChI is InChI=1S/C27H44O3Si/c1-8-25(30-31(6,7)27(2,3)4)23-21-19-17-15-13-11-9-10-12-14-16-18-20-22-24-26(28)29-5/h10-13,16,18,21,23,25H,8-9,14-15,20,22,24H2,1-7H3/b12-10-,13-11-,18-16-,23-21+/t25-/m1/s1. The van der Waals surface area contributed by atoms with Crippen LogP contribution in [0.5, 0.6) is 0 Å². The first-order valence-electron chi connectivity index (χ1n) is 11.5. The number of hydrogen-bond acceptors (Lipinski definition) is 3. The topological polar surface area (TPSA) is 35.5 Å². The fraction of sp³-hybridized carbons (Fsp3) is 0.593. The third-order valence-electron chi connectivity index (χ3n) is 5.39. The van der Waals surface area contributed by atoms with Gasteiger partial charge in [0.05, 0.1) is 13.2 Å². The summed E-state index contributed by atoms with van der Waals surface area (Å²) in [5, 5.41) is 0.223. The van der Waals surface area contributed by atoms with Crippen molar-refractivity contribution in [3.8, 4) is 11.8 Å². The molecule has 0 aromatic carbocycles. The van der Waals surface area contributed by atoms with Crippen molar-refractivity contribution in [1.29, 1.82) is 0 Å². The Morgan fingerprint density at radius 3 is 2.23 bits per heavy atom. The number of carbonyl (C=O) groups is 1. The van der Waals surface area contributed by atoms with Crippen LogP contribution in [0.1, 0.15) is 72.6 Å². The van der Waals surface area contributed by atoms with E-state index in [4.69, 9.17) is 4.43 Å². The molecule has 0 aromatic rings. The number of hydrogen-bond donors (Lipinski definition) is 0. The van der Waals surface area contributed by atoms with Crippen molar-refractivity contribution in [3.05, 3.63) is 48.6 Å². The first-order chi connectivity index (χ1) is 14.6. The van der Waals surface area contributed by atoms with Gasteiger partial charge in [-0.3, -0.25) is 4.79 Å². The summed E-state index contributed by atoms with van der Waals surface area (Å²) < 4.78 is 11.0. The number of methoxy groups -OCH3 is 1. The van der Waals surface area contributed by atoms with Crippen LogP contribution in [-0.4, -0.2) is 27.5 Å². The molecule has 174 valence electrons. The maximum atomic E-state index is 11.0. The highest BCUT2D eigenvalue weighted by molar-refractivity contribution is 6.74. The van der Waals surface area contributed by atoms with Crippen LogP contribution >= 0.6 is 0 Å². The number of carbonyl (C=O) groups excluding carboxylic acids is 1. The van der Waals surface area contributed by atoms with Gasteiger partial charge < -0.3 is 9.16 Å². The van der Waals surface area contributed by atoms with Crippen molar-refractivity contribution in [2.24, 2.45) is 0 Å². The molecule has 0 aromatic heterocycles. The van der Waals surface area contributed by atoms with E-state index in [1.54, 1.807) is 0 Å². The van der Waals surface area contributed by atoms with Crippen molar-refractivity contribution >= 4 is 14.3 Å². The third kappa shape index (κ3) is 15.6. The van der Waals surface area contributed by atoms with E-state index < -0.39 is 8.32 Å². The van der Waals surface area contributed by atoms with Crippen molar-refractivity contribution in [1.82, 2.24) is 0 Å². The second-order valence-electron chi connectivity index (χ2n) is 9.06. The average Bonchev–Trinajstić information content (AvgIpc) is 2.71. The summed E-state index contributed by atoms with van der Waals surface area (Å²) in [5.74, 6) is 6.15. The van der Waals surface area contributed by atoms with Gasteiger partial charge >= 0.3 is 5.97 Å². The SMILES string of the molecule is CC[C@H](/C=C/C#CC/C=C\C/C=C\C/C=C\CCCC(=O)OC)O[Si](C)(C)C(C)(C)C. The summed E-state index contributed by atoms with van der Waals surface area (Å²) in [4.78, 5) is 11.0. The van der Waals surface area contributed by atoms with Crippen LogP contribution in [0.3, 0.4) is 0 Å². The Bertz CT molecular complexity index is 667. The number of unbranched alkanes of at least 4 members (excludes halogenated alkanes) is 1. The first kappa shape index (κ1) is 29.2. The van der Waals surface area contributed by atoms with Gasteiger partial charge in [0.2, 0.25) is 0 Å². The molecule has 1 atom stereocenters. The fourth-order valence-electron chi connectivity index (χ4n) is 2.36. The van der Waals surface area contributed by atoms with Crippen LogP contribution in [0.2, 0.25) is 18.1 Å². The quantitative estimate of drug-likeness (QED) is 0.0968. The van der Waals surface area contributed by atoms with Crippen molar-refractivity contribution in [2.45, 2.75) is 96.9 Å². The van der Waals surface area contributed by atoms with E-state index in [0.29, 0.717) is 6.42 Å². The molecule has 0 bridgehead atoms. The van der Waals surface area contributed by atoms with Gasteiger partial charge in [0, 0.05) is 12.8 Å². The van der Waals surface area contributed by atoms with Crippen LogP contribution in [0.15, 0.2) is 48.6 Å².